The van der Waals surface area contributed by atoms with Gasteiger partial charge in [-0.3, -0.25) is 14.9 Å². The van der Waals surface area contributed by atoms with Gasteiger partial charge in [-0.25, -0.2) is 0 Å². The number of rotatable bonds is 0. The van der Waals surface area contributed by atoms with Crippen LogP contribution in [0.5, 0.6) is 0 Å². The van der Waals surface area contributed by atoms with Crippen LogP contribution in [0.25, 0.3) is 0 Å². The summed E-state index contributed by atoms with van der Waals surface area (Å²) in [6.45, 7) is 0.828. The lowest BCUT2D eigenvalue weighted by Gasteiger charge is -2.23. The van der Waals surface area contributed by atoms with Crippen molar-refractivity contribution in [2.45, 2.75) is 18.9 Å². The second kappa shape index (κ2) is 3.84. The van der Waals surface area contributed by atoms with E-state index in [1.165, 1.54) is 0 Å². The summed E-state index contributed by atoms with van der Waals surface area (Å²) in [4.78, 5) is 25.8. The molecule has 88 valence electrons. The molecule has 17 heavy (non-hydrogen) atoms. The Labute approximate surface area is 107 Å². The average molecular weight is 295 g/mol. The fraction of sp³-hybridized carbons (Fsp3) is 0.333. The molecule has 1 saturated heterocycles. The molecule has 1 atom stereocenters. The van der Waals surface area contributed by atoms with Crippen LogP contribution < -0.4 is 10.2 Å². The summed E-state index contributed by atoms with van der Waals surface area (Å²) in [6, 6.07) is 5.28. The zero-order valence-corrected chi connectivity index (χ0v) is 10.7. The maximum Gasteiger partial charge on any atom is 0.260 e. The lowest BCUT2D eigenvalue weighted by atomic mass is 10.1. The predicted octanol–water partition coefficient (Wildman–Crippen LogP) is 1.69. The number of halogens is 1. The molecule has 0 saturated carbocycles. The van der Waals surface area contributed by atoms with Crippen LogP contribution in [0.2, 0.25) is 0 Å². The van der Waals surface area contributed by atoms with Gasteiger partial charge >= 0.3 is 0 Å². The normalized spacial score (nSPS) is 22.9. The highest BCUT2D eigenvalue weighted by atomic mass is 79.9. The van der Waals surface area contributed by atoms with E-state index >= 15 is 0 Å². The van der Waals surface area contributed by atoms with Gasteiger partial charge in [0.2, 0.25) is 5.91 Å². The monoisotopic (exact) mass is 294 g/mol. The van der Waals surface area contributed by atoms with Crippen molar-refractivity contribution < 1.29 is 9.59 Å². The summed E-state index contributed by atoms with van der Waals surface area (Å²) in [5.41, 5.74) is 1.43. The molecule has 2 aliphatic heterocycles. The van der Waals surface area contributed by atoms with Crippen molar-refractivity contribution >= 4 is 33.4 Å². The van der Waals surface area contributed by atoms with Crippen LogP contribution in [0, 0.1) is 0 Å². The summed E-state index contributed by atoms with van der Waals surface area (Å²) >= 11 is 3.40. The first-order valence-electron chi connectivity index (χ1n) is 5.58. The molecule has 1 fully saturated rings. The van der Waals surface area contributed by atoms with Gasteiger partial charge in [0.15, 0.2) is 0 Å². The average Bonchev–Trinajstić information content (AvgIpc) is 2.73. The number of amides is 2. The van der Waals surface area contributed by atoms with Gasteiger partial charge in [-0.05, 0) is 31.0 Å². The van der Waals surface area contributed by atoms with E-state index in [4.69, 9.17) is 0 Å². The van der Waals surface area contributed by atoms with Crippen molar-refractivity contribution in [3.63, 3.8) is 0 Å². The summed E-state index contributed by atoms with van der Waals surface area (Å²) in [6.07, 6.45) is 1.79. The summed E-state index contributed by atoms with van der Waals surface area (Å²) in [5, 5.41) is 2.45. The summed E-state index contributed by atoms with van der Waals surface area (Å²) in [7, 11) is 0. The molecule has 4 nitrogen and oxygen atoms in total. The fourth-order valence-electron chi connectivity index (χ4n) is 2.52. The third-order valence-corrected chi connectivity index (χ3v) is 3.80. The van der Waals surface area contributed by atoms with E-state index in [0.29, 0.717) is 5.56 Å². The highest BCUT2D eigenvalue weighted by molar-refractivity contribution is 9.10. The number of imide groups is 1. The summed E-state index contributed by atoms with van der Waals surface area (Å²) < 4.78 is 0.920. The highest BCUT2D eigenvalue weighted by Gasteiger charge is 2.36. The van der Waals surface area contributed by atoms with Gasteiger partial charge in [0, 0.05) is 11.0 Å². The Morgan fingerprint density at radius 3 is 3.00 bits per heavy atom. The molecule has 1 aromatic carbocycles. The number of nitrogens with zero attached hydrogens (tertiary/aromatic N) is 1. The number of hydrogen-bond acceptors (Lipinski definition) is 3. The minimum absolute atomic E-state index is 0.181. The van der Waals surface area contributed by atoms with E-state index in [1.807, 2.05) is 17.0 Å². The number of carbonyl (C=O) groups excluding carboxylic acids is 2. The SMILES string of the molecule is O=C1NC(=O)[C@H]2CCCN2c2cc(Br)ccc21. The Balaban J connectivity index is 2.17. The first kappa shape index (κ1) is 10.8. The van der Waals surface area contributed by atoms with E-state index in [0.717, 1.165) is 29.5 Å². The molecular formula is C12H11BrN2O2. The smallest absolute Gasteiger partial charge is 0.260 e. The van der Waals surface area contributed by atoms with Gasteiger partial charge < -0.3 is 4.90 Å². The quantitative estimate of drug-likeness (QED) is 0.741. The zero-order chi connectivity index (χ0) is 12.0. The largest absolute Gasteiger partial charge is 0.359 e. The second-order valence-electron chi connectivity index (χ2n) is 4.33. The van der Waals surface area contributed by atoms with E-state index < -0.39 is 0 Å². The van der Waals surface area contributed by atoms with Crippen LogP contribution in [0.15, 0.2) is 22.7 Å². The molecule has 3 rings (SSSR count). The van der Waals surface area contributed by atoms with Crippen LogP contribution >= 0.6 is 15.9 Å². The van der Waals surface area contributed by atoms with Crippen LogP contribution in [0.1, 0.15) is 23.2 Å². The van der Waals surface area contributed by atoms with Crippen molar-refractivity contribution in [1.82, 2.24) is 5.32 Å². The van der Waals surface area contributed by atoms with Crippen molar-refractivity contribution in [3.8, 4) is 0 Å². The predicted molar refractivity (Wildman–Crippen MR) is 67.0 cm³/mol. The van der Waals surface area contributed by atoms with Crippen LogP contribution in [0.3, 0.4) is 0 Å². The standard InChI is InChI=1S/C12H11BrN2O2/c13-7-3-4-8-10(6-7)15-5-1-2-9(15)12(17)14-11(8)16/h3-4,6,9H,1-2,5H2,(H,14,16,17)/t9-/m1/s1. The van der Waals surface area contributed by atoms with Gasteiger partial charge in [0.25, 0.3) is 5.91 Å². The fourth-order valence-corrected chi connectivity index (χ4v) is 2.87. The van der Waals surface area contributed by atoms with Gasteiger partial charge in [-0.15, -0.1) is 0 Å². The molecule has 1 aromatic rings. The Morgan fingerprint density at radius 2 is 2.18 bits per heavy atom. The van der Waals surface area contributed by atoms with Crippen LogP contribution in [0.4, 0.5) is 5.69 Å². The first-order chi connectivity index (χ1) is 8.16. The topological polar surface area (TPSA) is 49.4 Å². The molecule has 5 heteroatoms. The molecule has 0 bridgehead atoms. The molecule has 0 aromatic heterocycles. The van der Waals surface area contributed by atoms with E-state index in [2.05, 4.69) is 21.2 Å². The lowest BCUT2D eigenvalue weighted by molar-refractivity contribution is -0.121. The van der Waals surface area contributed by atoms with Crippen molar-refractivity contribution in [3.05, 3.63) is 28.2 Å². The molecule has 0 radical (unpaired) electrons. The minimum atomic E-state index is -0.299. The van der Waals surface area contributed by atoms with Crippen LogP contribution in [-0.4, -0.2) is 24.4 Å². The highest BCUT2D eigenvalue weighted by Crippen LogP contribution is 2.33. The number of benzene rings is 1. The Morgan fingerprint density at radius 1 is 1.35 bits per heavy atom. The molecule has 1 N–H and O–H groups in total. The molecule has 0 spiro atoms. The maximum atomic E-state index is 11.9. The Kier molecular flexibility index (Phi) is 2.43. The molecule has 2 amide bonds. The molecule has 0 unspecified atom stereocenters. The first-order valence-corrected chi connectivity index (χ1v) is 6.37. The number of nitrogens with one attached hydrogen (secondary N) is 1. The Bertz CT molecular complexity index is 515. The zero-order valence-electron chi connectivity index (χ0n) is 9.07. The molecular weight excluding hydrogens is 284 g/mol. The Hall–Kier alpha value is -1.36. The van der Waals surface area contributed by atoms with E-state index in [-0.39, 0.29) is 17.9 Å². The van der Waals surface area contributed by atoms with Crippen molar-refractivity contribution in [1.29, 1.82) is 0 Å². The number of anilines is 1. The molecule has 0 aliphatic carbocycles. The maximum absolute atomic E-state index is 11.9. The minimum Gasteiger partial charge on any atom is -0.359 e. The number of hydrogen-bond donors (Lipinski definition) is 1. The molecule has 2 heterocycles. The number of fused-ring (bicyclic) bond motifs is 3. The third kappa shape index (κ3) is 1.65. The lowest BCUT2D eigenvalue weighted by Crippen LogP contribution is -2.42. The van der Waals surface area contributed by atoms with Crippen LogP contribution in [-0.2, 0) is 4.79 Å². The second-order valence-corrected chi connectivity index (χ2v) is 5.25. The van der Waals surface area contributed by atoms with Gasteiger partial charge in [0.05, 0.1) is 11.3 Å². The van der Waals surface area contributed by atoms with Gasteiger partial charge in [-0.1, -0.05) is 15.9 Å². The van der Waals surface area contributed by atoms with Crippen molar-refractivity contribution in [2.24, 2.45) is 0 Å². The number of carbonyl (C=O) groups is 2. The van der Waals surface area contributed by atoms with E-state index in [1.54, 1.807) is 6.07 Å². The summed E-state index contributed by atoms with van der Waals surface area (Å²) in [5.74, 6) is -0.480. The van der Waals surface area contributed by atoms with Gasteiger partial charge in [0.1, 0.15) is 6.04 Å². The third-order valence-electron chi connectivity index (χ3n) is 3.31. The van der Waals surface area contributed by atoms with E-state index in [9.17, 15) is 9.59 Å². The van der Waals surface area contributed by atoms with Crippen molar-refractivity contribution in [2.75, 3.05) is 11.4 Å². The molecule has 2 aliphatic rings. The van der Waals surface area contributed by atoms with Gasteiger partial charge in [-0.2, -0.15) is 0 Å².